The van der Waals surface area contributed by atoms with Crippen molar-refractivity contribution in [1.82, 2.24) is 5.43 Å². The van der Waals surface area contributed by atoms with Crippen molar-refractivity contribution in [3.8, 4) is 11.5 Å². The molecule has 0 heterocycles. The average molecular weight is 258 g/mol. The molecule has 19 heavy (non-hydrogen) atoms. The zero-order valence-corrected chi connectivity index (χ0v) is 11.1. The van der Waals surface area contributed by atoms with Crippen LogP contribution in [0.3, 0.4) is 0 Å². The fraction of sp³-hybridized carbons (Fsp3) is 0.200. The molecule has 2 aromatic carbocycles. The highest BCUT2D eigenvalue weighted by Gasteiger charge is 2.01. The summed E-state index contributed by atoms with van der Waals surface area (Å²) in [5.41, 5.74) is 8.40. The second kappa shape index (κ2) is 6.66. The number of hydrogen-bond donors (Lipinski definition) is 2. The van der Waals surface area contributed by atoms with E-state index in [0.29, 0.717) is 6.54 Å². The van der Waals surface area contributed by atoms with Gasteiger partial charge in [-0.15, -0.1) is 0 Å². The Kier molecular flexibility index (Phi) is 4.64. The number of rotatable bonds is 6. The lowest BCUT2D eigenvalue weighted by Gasteiger charge is -2.11. The van der Waals surface area contributed by atoms with E-state index < -0.39 is 0 Å². The van der Waals surface area contributed by atoms with Crippen molar-refractivity contribution >= 4 is 5.69 Å². The Hall–Kier alpha value is -2.20. The van der Waals surface area contributed by atoms with Crippen LogP contribution in [0.25, 0.3) is 0 Å². The number of ether oxygens (including phenoxy) is 2. The first-order valence-electron chi connectivity index (χ1n) is 6.07. The van der Waals surface area contributed by atoms with Gasteiger partial charge in [0.2, 0.25) is 0 Å². The molecule has 0 aliphatic rings. The van der Waals surface area contributed by atoms with E-state index in [4.69, 9.17) is 9.47 Å². The van der Waals surface area contributed by atoms with Gasteiger partial charge < -0.3 is 14.9 Å². The predicted molar refractivity (Wildman–Crippen MR) is 76.5 cm³/mol. The van der Waals surface area contributed by atoms with E-state index in [2.05, 4.69) is 10.9 Å². The van der Waals surface area contributed by atoms with Crippen LogP contribution in [0.2, 0.25) is 0 Å². The highest BCUT2D eigenvalue weighted by atomic mass is 16.5. The number of hydrogen-bond acceptors (Lipinski definition) is 4. The summed E-state index contributed by atoms with van der Waals surface area (Å²) in [4.78, 5) is 0. The van der Waals surface area contributed by atoms with Gasteiger partial charge in [0.15, 0.2) is 0 Å². The maximum atomic E-state index is 5.23. The van der Waals surface area contributed by atoms with Gasteiger partial charge in [0.05, 0.1) is 14.2 Å². The Morgan fingerprint density at radius 2 is 1.53 bits per heavy atom. The first kappa shape index (κ1) is 13.2. The minimum absolute atomic E-state index is 0.669. The minimum Gasteiger partial charge on any atom is -0.497 e. The lowest BCUT2D eigenvalue weighted by molar-refractivity contribution is 0.393. The molecule has 0 spiro atoms. The second-order valence-electron chi connectivity index (χ2n) is 4.07. The van der Waals surface area contributed by atoms with Crippen molar-refractivity contribution in [1.29, 1.82) is 0 Å². The zero-order valence-electron chi connectivity index (χ0n) is 11.1. The molecule has 0 bridgehead atoms. The summed E-state index contributed by atoms with van der Waals surface area (Å²) >= 11 is 0. The van der Waals surface area contributed by atoms with Crippen molar-refractivity contribution < 1.29 is 9.47 Å². The summed E-state index contributed by atoms with van der Waals surface area (Å²) in [5.74, 6) is 1.58. The SMILES string of the molecule is COc1cc(CNNc2ccccc2)cc(OC)c1. The van der Waals surface area contributed by atoms with Crippen LogP contribution in [-0.4, -0.2) is 14.2 Å². The third-order valence-electron chi connectivity index (χ3n) is 2.71. The van der Waals surface area contributed by atoms with Crippen molar-refractivity contribution in [2.24, 2.45) is 0 Å². The molecule has 4 nitrogen and oxygen atoms in total. The number of benzene rings is 2. The van der Waals surface area contributed by atoms with E-state index >= 15 is 0 Å². The van der Waals surface area contributed by atoms with Crippen LogP contribution in [0, 0.1) is 0 Å². The molecule has 100 valence electrons. The van der Waals surface area contributed by atoms with E-state index in [1.165, 1.54) is 0 Å². The Morgan fingerprint density at radius 1 is 0.895 bits per heavy atom. The molecule has 0 aromatic heterocycles. The number of hydrazine groups is 1. The van der Waals surface area contributed by atoms with Crippen LogP contribution < -0.4 is 20.3 Å². The second-order valence-corrected chi connectivity index (χ2v) is 4.07. The zero-order chi connectivity index (χ0) is 13.5. The van der Waals surface area contributed by atoms with E-state index in [-0.39, 0.29) is 0 Å². The van der Waals surface area contributed by atoms with Gasteiger partial charge in [-0.1, -0.05) is 18.2 Å². The molecule has 0 atom stereocenters. The molecule has 0 radical (unpaired) electrons. The largest absolute Gasteiger partial charge is 0.497 e. The van der Waals surface area contributed by atoms with Crippen LogP contribution in [0.15, 0.2) is 48.5 Å². The lowest BCUT2D eigenvalue weighted by atomic mass is 10.2. The highest BCUT2D eigenvalue weighted by Crippen LogP contribution is 2.22. The topological polar surface area (TPSA) is 42.5 Å². The monoisotopic (exact) mass is 258 g/mol. The average Bonchev–Trinajstić information content (AvgIpc) is 2.48. The Balaban J connectivity index is 1.95. The van der Waals surface area contributed by atoms with Crippen LogP contribution in [-0.2, 0) is 6.54 Å². The van der Waals surface area contributed by atoms with Gasteiger partial charge in [0.25, 0.3) is 0 Å². The highest BCUT2D eigenvalue weighted by molar-refractivity contribution is 5.42. The first-order valence-corrected chi connectivity index (χ1v) is 6.07. The maximum Gasteiger partial charge on any atom is 0.122 e. The number of anilines is 1. The van der Waals surface area contributed by atoms with E-state index in [1.54, 1.807) is 14.2 Å². The van der Waals surface area contributed by atoms with E-state index in [9.17, 15) is 0 Å². The van der Waals surface area contributed by atoms with Crippen molar-refractivity contribution in [2.75, 3.05) is 19.6 Å². The first-order chi connectivity index (χ1) is 9.31. The van der Waals surface area contributed by atoms with Crippen LogP contribution >= 0.6 is 0 Å². The quantitative estimate of drug-likeness (QED) is 0.782. The molecular formula is C15H18N2O2. The minimum atomic E-state index is 0.669. The number of nitrogens with one attached hydrogen (secondary N) is 2. The molecule has 2 aromatic rings. The molecule has 0 fully saturated rings. The Labute approximate surface area is 113 Å². The normalized spacial score (nSPS) is 10.0. The smallest absolute Gasteiger partial charge is 0.122 e. The molecule has 2 rings (SSSR count). The lowest BCUT2D eigenvalue weighted by Crippen LogP contribution is -2.20. The fourth-order valence-electron chi connectivity index (χ4n) is 1.74. The predicted octanol–water partition coefficient (Wildman–Crippen LogP) is 2.82. The summed E-state index contributed by atoms with van der Waals surface area (Å²) in [6, 6.07) is 15.8. The van der Waals surface area contributed by atoms with Gasteiger partial charge in [-0.2, -0.15) is 0 Å². The van der Waals surface area contributed by atoms with Gasteiger partial charge in [-0.05, 0) is 29.8 Å². The molecule has 0 saturated carbocycles. The molecule has 0 aliphatic carbocycles. The standard InChI is InChI=1S/C15H18N2O2/c1-18-14-8-12(9-15(10-14)19-2)11-16-17-13-6-4-3-5-7-13/h3-10,16-17H,11H2,1-2H3. The molecule has 0 aliphatic heterocycles. The van der Waals surface area contributed by atoms with Crippen molar-refractivity contribution in [2.45, 2.75) is 6.54 Å². The molecule has 2 N–H and O–H groups in total. The summed E-state index contributed by atoms with van der Waals surface area (Å²) in [7, 11) is 3.29. The van der Waals surface area contributed by atoms with Gasteiger partial charge in [-0.3, -0.25) is 0 Å². The molecule has 0 unspecified atom stereocenters. The third kappa shape index (κ3) is 3.89. The third-order valence-corrected chi connectivity index (χ3v) is 2.71. The van der Waals surface area contributed by atoms with Crippen LogP contribution in [0.1, 0.15) is 5.56 Å². The molecule has 4 heteroatoms. The van der Waals surface area contributed by atoms with Gasteiger partial charge in [-0.25, -0.2) is 5.43 Å². The Bertz CT molecular complexity index is 493. The van der Waals surface area contributed by atoms with Crippen molar-refractivity contribution in [3.63, 3.8) is 0 Å². The van der Waals surface area contributed by atoms with Gasteiger partial charge in [0, 0.05) is 18.3 Å². The van der Waals surface area contributed by atoms with Crippen LogP contribution in [0.5, 0.6) is 11.5 Å². The van der Waals surface area contributed by atoms with Crippen LogP contribution in [0.4, 0.5) is 5.69 Å². The molecular weight excluding hydrogens is 240 g/mol. The molecule has 0 amide bonds. The maximum absolute atomic E-state index is 5.23. The Morgan fingerprint density at radius 3 is 2.11 bits per heavy atom. The summed E-state index contributed by atoms with van der Waals surface area (Å²) in [6.07, 6.45) is 0. The summed E-state index contributed by atoms with van der Waals surface area (Å²) in [6.45, 7) is 0.669. The molecule has 0 saturated heterocycles. The van der Waals surface area contributed by atoms with Gasteiger partial charge in [0.1, 0.15) is 11.5 Å². The summed E-state index contributed by atoms with van der Waals surface area (Å²) in [5, 5.41) is 0. The van der Waals surface area contributed by atoms with E-state index in [1.807, 2.05) is 48.5 Å². The van der Waals surface area contributed by atoms with Crippen molar-refractivity contribution in [3.05, 3.63) is 54.1 Å². The summed E-state index contributed by atoms with van der Waals surface area (Å²) < 4.78 is 10.5. The van der Waals surface area contributed by atoms with E-state index in [0.717, 1.165) is 22.7 Å². The fourth-order valence-corrected chi connectivity index (χ4v) is 1.74. The number of para-hydroxylation sites is 1. The number of methoxy groups -OCH3 is 2. The van der Waals surface area contributed by atoms with Gasteiger partial charge >= 0.3 is 0 Å².